The summed E-state index contributed by atoms with van der Waals surface area (Å²) in [7, 11) is 0. The Morgan fingerprint density at radius 3 is 1.66 bits per heavy atom. The smallest absolute Gasteiger partial charge is 0.458 e. The van der Waals surface area contributed by atoms with Crippen molar-refractivity contribution in [2.24, 2.45) is 0 Å². The maximum Gasteiger partial charge on any atom is 0.460 e. The van der Waals surface area contributed by atoms with Crippen molar-refractivity contribution in [1.29, 1.82) is 0 Å². The largest absolute Gasteiger partial charge is 0.460 e. The van der Waals surface area contributed by atoms with Crippen LogP contribution in [0.2, 0.25) is 0 Å². The van der Waals surface area contributed by atoms with Crippen LogP contribution in [0, 0.1) is 0 Å². The lowest BCUT2D eigenvalue weighted by molar-refractivity contribution is -0.390. The van der Waals surface area contributed by atoms with Crippen LogP contribution in [-0.4, -0.2) is 61.2 Å². The average molecular weight is 448 g/mol. The minimum Gasteiger partial charge on any atom is -0.458 e. The molecule has 29 heavy (non-hydrogen) atoms. The van der Waals surface area contributed by atoms with Crippen LogP contribution in [0.5, 0.6) is 0 Å². The zero-order valence-electron chi connectivity index (χ0n) is 14.5. The Balaban J connectivity index is 5.36. The van der Waals surface area contributed by atoms with Gasteiger partial charge in [-0.2, -0.15) is 39.5 Å². The fourth-order valence-electron chi connectivity index (χ4n) is 1.41. The molecule has 0 bridgehead atoms. The predicted octanol–water partition coefficient (Wildman–Crippen LogP) is 3.05. The van der Waals surface area contributed by atoms with Gasteiger partial charge < -0.3 is 14.2 Å². The molecule has 0 spiro atoms. The molecule has 1 atom stereocenters. The van der Waals surface area contributed by atoms with Crippen molar-refractivity contribution in [3.05, 3.63) is 12.2 Å². The molecule has 15 heteroatoms. The number of carbonyl (C=O) groups excluding carboxylic acids is 3. The number of rotatable bonds is 9. The van der Waals surface area contributed by atoms with Crippen molar-refractivity contribution < 1.29 is 68.1 Å². The van der Waals surface area contributed by atoms with E-state index < -0.39 is 61.2 Å². The van der Waals surface area contributed by atoms with E-state index in [9.17, 15) is 53.9 Å². The van der Waals surface area contributed by atoms with Gasteiger partial charge in [-0.15, -0.1) is 0 Å². The van der Waals surface area contributed by atoms with Crippen molar-refractivity contribution in [2.75, 3.05) is 13.2 Å². The fourth-order valence-corrected chi connectivity index (χ4v) is 1.41. The van der Waals surface area contributed by atoms with Gasteiger partial charge in [0.2, 0.25) is 0 Å². The monoisotopic (exact) mass is 448 g/mol. The second-order valence-electron chi connectivity index (χ2n) is 5.43. The second kappa shape index (κ2) is 8.90. The van der Waals surface area contributed by atoms with Crippen LogP contribution in [0.25, 0.3) is 0 Å². The van der Waals surface area contributed by atoms with Gasteiger partial charge in [0, 0.05) is 12.5 Å². The maximum absolute atomic E-state index is 13.3. The molecule has 0 aliphatic heterocycles. The molecule has 0 radical (unpaired) electrons. The Kier molecular flexibility index (Phi) is 8.14. The summed E-state index contributed by atoms with van der Waals surface area (Å²) in [6.45, 7) is 2.57. The maximum atomic E-state index is 13.3. The average Bonchev–Trinajstić information content (AvgIpc) is 2.54. The number of halogens is 9. The first-order chi connectivity index (χ1) is 12.8. The molecule has 0 amide bonds. The van der Waals surface area contributed by atoms with Crippen LogP contribution in [0.1, 0.15) is 13.8 Å². The third-order valence-corrected chi connectivity index (χ3v) is 2.88. The lowest BCUT2D eigenvalue weighted by Crippen LogP contribution is -2.63. The van der Waals surface area contributed by atoms with E-state index in [1.807, 2.05) is 0 Å². The summed E-state index contributed by atoms with van der Waals surface area (Å²) in [6, 6.07) is 0. The van der Waals surface area contributed by atoms with Crippen LogP contribution in [-0.2, 0) is 28.6 Å². The molecule has 0 fully saturated rings. The van der Waals surface area contributed by atoms with E-state index in [0.717, 1.165) is 6.92 Å². The van der Waals surface area contributed by atoms with Gasteiger partial charge in [0.1, 0.15) is 13.2 Å². The quantitative estimate of drug-likeness (QED) is 0.234. The Morgan fingerprint density at radius 1 is 0.828 bits per heavy atom. The number of esters is 3. The second-order valence-corrected chi connectivity index (χ2v) is 5.43. The van der Waals surface area contributed by atoms with E-state index in [-0.39, 0.29) is 5.57 Å². The van der Waals surface area contributed by atoms with Gasteiger partial charge in [0.05, 0.1) is 0 Å². The predicted molar refractivity (Wildman–Crippen MR) is 73.2 cm³/mol. The van der Waals surface area contributed by atoms with Gasteiger partial charge in [-0.3, -0.25) is 4.79 Å². The molecule has 0 aromatic carbocycles. The van der Waals surface area contributed by atoms with E-state index in [1.165, 1.54) is 6.92 Å². The van der Waals surface area contributed by atoms with E-state index in [0.29, 0.717) is 0 Å². The lowest BCUT2D eigenvalue weighted by Gasteiger charge is -2.32. The Morgan fingerprint density at radius 2 is 1.28 bits per heavy atom. The van der Waals surface area contributed by atoms with Gasteiger partial charge in [-0.1, -0.05) is 6.58 Å². The lowest BCUT2D eigenvalue weighted by atomic mass is 10.0. The Hall–Kier alpha value is -2.48. The molecule has 1 unspecified atom stereocenters. The molecule has 0 rings (SSSR count). The van der Waals surface area contributed by atoms with Crippen molar-refractivity contribution in [1.82, 2.24) is 0 Å². The number of hydrogen-bond acceptors (Lipinski definition) is 6. The van der Waals surface area contributed by atoms with E-state index >= 15 is 0 Å². The third-order valence-electron chi connectivity index (χ3n) is 2.88. The molecule has 0 heterocycles. The van der Waals surface area contributed by atoms with Crippen LogP contribution in [0.3, 0.4) is 0 Å². The molecule has 0 aliphatic carbocycles. The summed E-state index contributed by atoms with van der Waals surface area (Å²) in [5.74, 6) is -26.8. The van der Waals surface area contributed by atoms with E-state index in [1.54, 1.807) is 0 Å². The summed E-state index contributed by atoms with van der Waals surface area (Å²) in [5.41, 5.74) is -0.177. The summed E-state index contributed by atoms with van der Waals surface area (Å²) >= 11 is 0. The summed E-state index contributed by atoms with van der Waals surface area (Å²) in [6.07, 6.45) is -8.98. The first-order valence-corrected chi connectivity index (χ1v) is 7.16. The molecule has 0 saturated carbocycles. The van der Waals surface area contributed by atoms with Gasteiger partial charge in [0.25, 0.3) is 0 Å². The summed E-state index contributed by atoms with van der Waals surface area (Å²) < 4.78 is 127. The number of hydrogen-bond donors (Lipinski definition) is 0. The number of alkyl halides is 9. The molecule has 0 aromatic rings. The molecular weight excluding hydrogens is 435 g/mol. The molecular formula is C14H13F9O6. The molecule has 0 saturated heterocycles. The third kappa shape index (κ3) is 6.00. The fraction of sp³-hybridized carbons (Fsp3) is 0.643. The van der Waals surface area contributed by atoms with Crippen LogP contribution in [0.4, 0.5) is 39.5 Å². The molecule has 168 valence electrons. The first-order valence-electron chi connectivity index (χ1n) is 7.16. The zero-order valence-corrected chi connectivity index (χ0v) is 14.5. The SMILES string of the molecule is C=C(C)C(=O)OCC(COC(=O)C(F)(F)C(F)(F)C(F)(F)C(F)(F)F)OC(C)=O. The van der Waals surface area contributed by atoms with Crippen molar-refractivity contribution >= 4 is 17.9 Å². The summed E-state index contributed by atoms with van der Waals surface area (Å²) in [5, 5.41) is 0. The summed E-state index contributed by atoms with van der Waals surface area (Å²) in [4.78, 5) is 33.2. The van der Waals surface area contributed by atoms with Crippen molar-refractivity contribution in [3.8, 4) is 0 Å². The van der Waals surface area contributed by atoms with E-state index in [2.05, 4.69) is 20.8 Å². The standard InChI is InChI=1S/C14H13F9O6/c1-6(2)9(25)27-4-8(29-7(3)24)5-28-10(26)11(15,16)12(17,18)13(19,20)14(21,22)23/h8H,1,4-5H2,2-3H3. The number of ether oxygens (including phenoxy) is 3. The molecule has 0 aromatic heterocycles. The Labute approximate surface area is 156 Å². The minimum absolute atomic E-state index is 0.177. The van der Waals surface area contributed by atoms with Gasteiger partial charge >= 0.3 is 41.9 Å². The van der Waals surface area contributed by atoms with Crippen molar-refractivity contribution in [3.63, 3.8) is 0 Å². The van der Waals surface area contributed by atoms with Gasteiger partial charge in [-0.05, 0) is 6.92 Å². The highest BCUT2D eigenvalue weighted by atomic mass is 19.4. The Bertz CT molecular complexity index is 656. The van der Waals surface area contributed by atoms with Crippen LogP contribution >= 0.6 is 0 Å². The minimum atomic E-state index is -7.28. The highest BCUT2D eigenvalue weighted by Gasteiger charge is 2.84. The van der Waals surface area contributed by atoms with Crippen LogP contribution in [0.15, 0.2) is 12.2 Å². The van der Waals surface area contributed by atoms with Crippen LogP contribution < -0.4 is 0 Å². The topological polar surface area (TPSA) is 78.9 Å². The van der Waals surface area contributed by atoms with Crippen molar-refractivity contribution in [2.45, 2.75) is 43.9 Å². The van der Waals surface area contributed by atoms with Gasteiger partial charge in [-0.25, -0.2) is 9.59 Å². The zero-order chi connectivity index (χ0) is 23.4. The van der Waals surface area contributed by atoms with Gasteiger partial charge in [0.15, 0.2) is 6.10 Å². The molecule has 6 nitrogen and oxygen atoms in total. The normalized spacial score (nSPS) is 14.0. The van der Waals surface area contributed by atoms with E-state index in [4.69, 9.17) is 0 Å². The highest BCUT2D eigenvalue weighted by Crippen LogP contribution is 2.53. The number of carbonyl (C=O) groups is 3. The first kappa shape index (κ1) is 26.5. The molecule has 0 aliphatic rings. The molecule has 0 N–H and O–H groups in total. The highest BCUT2D eigenvalue weighted by molar-refractivity contribution is 5.87.